The van der Waals surface area contributed by atoms with Crippen LogP contribution in [0.2, 0.25) is 0 Å². The molecule has 0 aliphatic carbocycles. The maximum atomic E-state index is 12.0. The first kappa shape index (κ1) is 18.7. The molecule has 0 spiro atoms. The highest BCUT2D eigenvalue weighted by atomic mass is 32.2. The van der Waals surface area contributed by atoms with Gasteiger partial charge >= 0.3 is 0 Å². The van der Waals surface area contributed by atoms with Crippen LogP contribution in [0.1, 0.15) is 31.2 Å². The highest BCUT2D eigenvalue weighted by Gasteiger charge is 2.19. The fourth-order valence-electron chi connectivity index (χ4n) is 2.77. The molecule has 1 aromatic rings. The van der Waals surface area contributed by atoms with E-state index in [4.69, 9.17) is 4.74 Å². The Morgan fingerprint density at radius 1 is 1.42 bits per heavy atom. The molecule has 1 amide bonds. The van der Waals surface area contributed by atoms with Gasteiger partial charge in [-0.2, -0.15) is 0 Å². The molecule has 1 saturated heterocycles. The van der Waals surface area contributed by atoms with Gasteiger partial charge in [0.1, 0.15) is 0 Å². The number of hydrogen-bond acceptors (Lipinski definition) is 4. The summed E-state index contributed by atoms with van der Waals surface area (Å²) in [6, 6.07) is 7.35. The summed E-state index contributed by atoms with van der Waals surface area (Å²) < 4.78 is 30.9. The Bertz CT molecular complexity index is 654. The molecule has 0 aromatic heterocycles. The Morgan fingerprint density at radius 2 is 2.21 bits per heavy atom. The Morgan fingerprint density at radius 3 is 2.83 bits per heavy atom. The second-order valence-electron chi connectivity index (χ2n) is 6.22. The molecule has 0 bridgehead atoms. The molecule has 24 heavy (non-hydrogen) atoms. The van der Waals surface area contributed by atoms with Gasteiger partial charge in [0.05, 0.1) is 18.0 Å². The lowest BCUT2D eigenvalue weighted by Gasteiger charge is -2.22. The lowest BCUT2D eigenvalue weighted by atomic mass is 10.2. The van der Waals surface area contributed by atoms with Crippen LogP contribution < -0.4 is 9.62 Å². The van der Waals surface area contributed by atoms with Crippen molar-refractivity contribution in [1.82, 2.24) is 5.32 Å². The fourth-order valence-corrected chi connectivity index (χ4v) is 3.73. The Kier molecular flexibility index (Phi) is 6.62. The van der Waals surface area contributed by atoms with E-state index in [0.29, 0.717) is 25.1 Å². The Balaban J connectivity index is 1.83. The number of hydrogen-bond donors (Lipinski definition) is 1. The van der Waals surface area contributed by atoms with E-state index in [1.807, 2.05) is 25.1 Å². The lowest BCUT2D eigenvalue weighted by molar-refractivity contribution is -0.121. The maximum Gasteiger partial charge on any atom is 0.232 e. The number of carbonyl (C=O) groups is 1. The van der Waals surface area contributed by atoms with Gasteiger partial charge in [0.15, 0.2) is 0 Å². The predicted molar refractivity (Wildman–Crippen MR) is 94.6 cm³/mol. The third-order valence-electron chi connectivity index (χ3n) is 4.01. The summed E-state index contributed by atoms with van der Waals surface area (Å²) in [5, 5.41) is 2.85. The van der Waals surface area contributed by atoms with Crippen molar-refractivity contribution >= 4 is 21.6 Å². The molecule has 1 unspecified atom stereocenters. The molecule has 1 aliphatic rings. The number of ether oxygens (including phenoxy) is 1. The first-order valence-corrected chi connectivity index (χ1v) is 10.1. The third kappa shape index (κ3) is 5.79. The van der Waals surface area contributed by atoms with Gasteiger partial charge in [-0.15, -0.1) is 0 Å². The molecule has 6 nitrogen and oxygen atoms in total. The van der Waals surface area contributed by atoms with E-state index >= 15 is 0 Å². The summed E-state index contributed by atoms with van der Waals surface area (Å²) in [5.41, 5.74) is 1.63. The second-order valence-corrected chi connectivity index (χ2v) is 8.12. The fraction of sp³-hybridized carbons (Fsp3) is 0.588. The molecule has 1 fully saturated rings. The van der Waals surface area contributed by atoms with E-state index in [9.17, 15) is 13.2 Å². The van der Waals surface area contributed by atoms with Crippen molar-refractivity contribution in [2.75, 3.05) is 30.3 Å². The zero-order valence-electron chi connectivity index (χ0n) is 14.3. The van der Waals surface area contributed by atoms with E-state index in [2.05, 4.69) is 5.32 Å². The van der Waals surface area contributed by atoms with Crippen LogP contribution in [0.4, 0.5) is 5.69 Å². The van der Waals surface area contributed by atoms with Crippen LogP contribution in [-0.2, 0) is 19.6 Å². The first-order valence-electron chi connectivity index (χ1n) is 8.29. The van der Waals surface area contributed by atoms with Crippen molar-refractivity contribution < 1.29 is 17.9 Å². The topological polar surface area (TPSA) is 75.7 Å². The van der Waals surface area contributed by atoms with Crippen LogP contribution in [0.3, 0.4) is 0 Å². The number of rotatable bonds is 8. The first-order chi connectivity index (χ1) is 11.4. The molecule has 1 atom stereocenters. The average molecular weight is 354 g/mol. The molecule has 7 heteroatoms. The molecule has 134 valence electrons. The lowest BCUT2D eigenvalue weighted by Crippen LogP contribution is -2.34. The predicted octanol–water partition coefficient (Wildman–Crippen LogP) is 1.84. The number of anilines is 1. The Labute approximate surface area is 144 Å². The van der Waals surface area contributed by atoms with E-state index in [1.54, 1.807) is 6.07 Å². The normalized spacial score (nSPS) is 17.7. The highest BCUT2D eigenvalue weighted by molar-refractivity contribution is 7.92. The highest BCUT2D eigenvalue weighted by Crippen LogP contribution is 2.19. The van der Waals surface area contributed by atoms with Crippen molar-refractivity contribution in [3.63, 3.8) is 0 Å². The van der Waals surface area contributed by atoms with Crippen LogP contribution in [0.5, 0.6) is 0 Å². The number of benzene rings is 1. The standard InChI is InChI=1S/C17H26N2O4S/c1-14-6-3-7-15(12-14)19(24(2,21)22)10-4-9-17(20)18-13-16-8-5-11-23-16/h3,6-7,12,16H,4-5,8-11,13H2,1-2H3,(H,18,20). The van der Waals surface area contributed by atoms with Crippen molar-refractivity contribution in [3.05, 3.63) is 29.8 Å². The maximum absolute atomic E-state index is 12.0. The zero-order chi connectivity index (χ0) is 17.6. The largest absolute Gasteiger partial charge is 0.376 e. The Hall–Kier alpha value is -1.60. The summed E-state index contributed by atoms with van der Waals surface area (Å²) in [4.78, 5) is 11.9. The van der Waals surface area contributed by atoms with E-state index < -0.39 is 10.0 Å². The van der Waals surface area contributed by atoms with Gasteiger partial charge in [0.25, 0.3) is 0 Å². The van der Waals surface area contributed by atoms with Crippen LogP contribution in [0, 0.1) is 6.92 Å². The van der Waals surface area contributed by atoms with Gasteiger partial charge in [0.2, 0.25) is 15.9 Å². The molecule has 1 aromatic carbocycles. The average Bonchev–Trinajstić information content (AvgIpc) is 3.01. The van der Waals surface area contributed by atoms with Crippen molar-refractivity contribution in [2.45, 2.75) is 38.7 Å². The number of aryl methyl sites for hydroxylation is 1. The van der Waals surface area contributed by atoms with E-state index in [1.165, 1.54) is 10.6 Å². The molecule has 2 rings (SSSR count). The third-order valence-corrected chi connectivity index (χ3v) is 5.20. The van der Waals surface area contributed by atoms with Gasteiger partial charge < -0.3 is 10.1 Å². The minimum atomic E-state index is -3.38. The summed E-state index contributed by atoms with van der Waals surface area (Å²) >= 11 is 0. The van der Waals surface area contributed by atoms with Gasteiger partial charge in [-0.05, 0) is 43.9 Å². The quantitative estimate of drug-likeness (QED) is 0.773. The van der Waals surface area contributed by atoms with Crippen molar-refractivity contribution in [1.29, 1.82) is 0 Å². The monoisotopic (exact) mass is 354 g/mol. The van der Waals surface area contributed by atoms with Crippen LogP contribution in [0.15, 0.2) is 24.3 Å². The number of amides is 1. The minimum absolute atomic E-state index is 0.0665. The second kappa shape index (κ2) is 8.48. The molecule has 0 radical (unpaired) electrons. The number of nitrogens with one attached hydrogen (secondary N) is 1. The summed E-state index contributed by atoms with van der Waals surface area (Å²) in [6.45, 7) is 3.50. The van der Waals surface area contributed by atoms with E-state index in [0.717, 1.165) is 25.0 Å². The van der Waals surface area contributed by atoms with Crippen LogP contribution in [-0.4, -0.2) is 46.4 Å². The summed E-state index contributed by atoms with van der Waals surface area (Å²) in [7, 11) is -3.38. The molecule has 1 N–H and O–H groups in total. The minimum Gasteiger partial charge on any atom is -0.376 e. The number of nitrogens with zero attached hydrogens (tertiary/aromatic N) is 1. The van der Waals surface area contributed by atoms with Crippen LogP contribution >= 0.6 is 0 Å². The summed E-state index contributed by atoms with van der Waals surface area (Å²) in [5.74, 6) is -0.0665. The van der Waals surface area contributed by atoms with Gasteiger partial charge in [-0.1, -0.05) is 12.1 Å². The molecule has 1 heterocycles. The van der Waals surface area contributed by atoms with E-state index in [-0.39, 0.29) is 18.6 Å². The van der Waals surface area contributed by atoms with Gasteiger partial charge in [-0.25, -0.2) is 8.42 Å². The van der Waals surface area contributed by atoms with Crippen LogP contribution in [0.25, 0.3) is 0 Å². The zero-order valence-corrected chi connectivity index (χ0v) is 15.1. The molecule has 1 aliphatic heterocycles. The number of carbonyl (C=O) groups excluding carboxylic acids is 1. The summed E-state index contributed by atoms with van der Waals surface area (Å²) in [6.07, 6.45) is 4.10. The smallest absolute Gasteiger partial charge is 0.232 e. The molecule has 0 saturated carbocycles. The van der Waals surface area contributed by atoms with Crippen molar-refractivity contribution in [2.24, 2.45) is 0 Å². The molecular weight excluding hydrogens is 328 g/mol. The number of sulfonamides is 1. The van der Waals surface area contributed by atoms with Crippen molar-refractivity contribution in [3.8, 4) is 0 Å². The SMILES string of the molecule is Cc1cccc(N(CCCC(=O)NCC2CCCO2)S(C)(=O)=O)c1. The van der Waals surface area contributed by atoms with Gasteiger partial charge in [0, 0.05) is 26.1 Å². The molecular formula is C17H26N2O4S. The van der Waals surface area contributed by atoms with Gasteiger partial charge in [-0.3, -0.25) is 9.10 Å².